The maximum absolute atomic E-state index is 12.9. The molecule has 32 heavy (non-hydrogen) atoms. The minimum atomic E-state index is -0.641. The van der Waals surface area contributed by atoms with Crippen molar-refractivity contribution < 1.29 is 14.4 Å². The van der Waals surface area contributed by atoms with Crippen LogP contribution in [0.5, 0.6) is 0 Å². The first kappa shape index (κ1) is 21.6. The van der Waals surface area contributed by atoms with E-state index in [0.717, 1.165) is 10.6 Å². The number of nitrogens with one attached hydrogen (secondary N) is 1. The Balaban J connectivity index is 1.57. The van der Waals surface area contributed by atoms with Gasteiger partial charge in [0.2, 0.25) is 0 Å². The smallest absolute Gasteiger partial charge is 0.283 e. The molecule has 1 aliphatic rings. The van der Waals surface area contributed by atoms with E-state index in [1.807, 2.05) is 30.3 Å². The van der Waals surface area contributed by atoms with Gasteiger partial charge in [0.1, 0.15) is 10.7 Å². The fourth-order valence-electron chi connectivity index (χ4n) is 3.27. The third-order valence-corrected chi connectivity index (χ3v) is 5.54. The molecule has 4 rings (SSSR count). The second-order valence-corrected chi connectivity index (χ2v) is 7.83. The van der Waals surface area contributed by atoms with Gasteiger partial charge in [-0.1, -0.05) is 47.5 Å². The van der Waals surface area contributed by atoms with E-state index in [1.165, 1.54) is 4.90 Å². The molecule has 0 unspecified atom stereocenters. The molecule has 3 aromatic rings. The number of anilines is 3. The summed E-state index contributed by atoms with van der Waals surface area (Å²) in [7, 11) is 1.68. The molecule has 0 radical (unpaired) electrons. The lowest BCUT2D eigenvalue weighted by molar-refractivity contribution is -0.120. The summed E-state index contributed by atoms with van der Waals surface area (Å²) in [4.78, 5) is 40.9. The maximum atomic E-state index is 12.9. The van der Waals surface area contributed by atoms with E-state index in [4.69, 9.17) is 23.2 Å². The van der Waals surface area contributed by atoms with E-state index < -0.39 is 11.8 Å². The summed E-state index contributed by atoms with van der Waals surface area (Å²) >= 11 is 12.1. The average Bonchev–Trinajstić information content (AvgIpc) is 3.02. The largest absolute Gasteiger partial charge is 0.350 e. The van der Waals surface area contributed by atoms with Gasteiger partial charge in [-0.25, -0.2) is 4.90 Å². The Bertz CT molecular complexity index is 1240. The Morgan fingerprint density at radius 3 is 2.25 bits per heavy atom. The standard InChI is InChI=1S/C24H17Cl2N3O3/c1-28(18-8-3-2-4-9-18)22(30)15-6-5-7-17(14-15)27-21-20(26)23(31)29(24(21)32)19-12-10-16(25)11-13-19/h2-14,27H,1H3. The third-order valence-electron chi connectivity index (χ3n) is 4.94. The highest BCUT2D eigenvalue weighted by Crippen LogP contribution is 2.31. The molecule has 3 aromatic carbocycles. The Kier molecular flexibility index (Phi) is 5.99. The lowest BCUT2D eigenvalue weighted by Crippen LogP contribution is -2.32. The average molecular weight is 466 g/mol. The van der Waals surface area contributed by atoms with Crippen LogP contribution in [-0.2, 0) is 9.59 Å². The molecule has 1 heterocycles. The summed E-state index contributed by atoms with van der Waals surface area (Å²) < 4.78 is 0. The van der Waals surface area contributed by atoms with Crippen LogP contribution in [0.1, 0.15) is 10.4 Å². The number of hydrogen-bond acceptors (Lipinski definition) is 4. The number of amides is 3. The molecule has 160 valence electrons. The monoisotopic (exact) mass is 465 g/mol. The van der Waals surface area contributed by atoms with E-state index in [-0.39, 0.29) is 16.6 Å². The zero-order chi connectivity index (χ0) is 22.8. The molecule has 0 aliphatic carbocycles. The van der Waals surface area contributed by atoms with Crippen molar-refractivity contribution in [1.82, 2.24) is 0 Å². The number of hydrogen-bond donors (Lipinski definition) is 1. The van der Waals surface area contributed by atoms with Crippen LogP contribution in [0.15, 0.2) is 89.6 Å². The summed E-state index contributed by atoms with van der Waals surface area (Å²) in [6.07, 6.45) is 0. The minimum Gasteiger partial charge on any atom is -0.350 e. The second-order valence-electron chi connectivity index (χ2n) is 7.02. The summed E-state index contributed by atoms with van der Waals surface area (Å²) in [5.41, 5.74) is 1.89. The zero-order valence-electron chi connectivity index (χ0n) is 16.9. The summed E-state index contributed by atoms with van der Waals surface area (Å²) in [6.45, 7) is 0. The van der Waals surface area contributed by atoms with Crippen molar-refractivity contribution in [1.29, 1.82) is 0 Å². The van der Waals surface area contributed by atoms with Gasteiger partial charge in [0.05, 0.1) is 5.69 Å². The second kappa shape index (κ2) is 8.86. The van der Waals surface area contributed by atoms with Crippen LogP contribution in [0, 0.1) is 0 Å². The van der Waals surface area contributed by atoms with Gasteiger partial charge in [0.15, 0.2) is 0 Å². The molecule has 0 spiro atoms. The Morgan fingerprint density at radius 2 is 1.56 bits per heavy atom. The van der Waals surface area contributed by atoms with Gasteiger partial charge in [-0.15, -0.1) is 0 Å². The van der Waals surface area contributed by atoms with Gasteiger partial charge < -0.3 is 10.2 Å². The van der Waals surface area contributed by atoms with Crippen molar-refractivity contribution in [2.45, 2.75) is 0 Å². The lowest BCUT2D eigenvalue weighted by atomic mass is 10.1. The number of imide groups is 1. The normalized spacial score (nSPS) is 13.5. The van der Waals surface area contributed by atoms with Crippen molar-refractivity contribution in [3.8, 4) is 0 Å². The van der Waals surface area contributed by atoms with Gasteiger partial charge in [0, 0.05) is 29.0 Å². The van der Waals surface area contributed by atoms with Crippen molar-refractivity contribution >= 4 is 58.0 Å². The SMILES string of the molecule is CN(C(=O)c1cccc(NC2=C(Cl)C(=O)N(c3ccc(Cl)cc3)C2=O)c1)c1ccccc1. The number of carbonyl (C=O) groups excluding carboxylic acids is 3. The van der Waals surface area contributed by atoms with E-state index >= 15 is 0 Å². The highest BCUT2D eigenvalue weighted by Gasteiger charge is 2.39. The van der Waals surface area contributed by atoms with E-state index in [9.17, 15) is 14.4 Å². The Hall–Kier alpha value is -3.61. The minimum absolute atomic E-state index is 0.0624. The van der Waals surface area contributed by atoms with Gasteiger partial charge in [-0.2, -0.15) is 0 Å². The van der Waals surface area contributed by atoms with Gasteiger partial charge in [-0.3, -0.25) is 14.4 Å². The Labute approximate surface area is 194 Å². The first-order valence-electron chi connectivity index (χ1n) is 9.61. The van der Waals surface area contributed by atoms with Gasteiger partial charge >= 0.3 is 0 Å². The fraction of sp³-hybridized carbons (Fsp3) is 0.0417. The number of carbonyl (C=O) groups is 3. The topological polar surface area (TPSA) is 69.7 Å². The van der Waals surface area contributed by atoms with Gasteiger partial charge in [0.25, 0.3) is 17.7 Å². The first-order chi connectivity index (χ1) is 15.4. The third kappa shape index (κ3) is 4.10. The highest BCUT2D eigenvalue weighted by atomic mass is 35.5. The van der Waals surface area contributed by atoms with Crippen LogP contribution in [0.3, 0.4) is 0 Å². The molecule has 0 aromatic heterocycles. The summed E-state index contributed by atoms with van der Waals surface area (Å²) in [6, 6.07) is 22.1. The van der Waals surface area contributed by atoms with E-state index in [1.54, 1.807) is 55.6 Å². The quantitative estimate of drug-likeness (QED) is 0.535. The number of benzene rings is 3. The Morgan fingerprint density at radius 1 is 0.875 bits per heavy atom. The molecule has 0 atom stereocenters. The fourth-order valence-corrected chi connectivity index (χ4v) is 3.61. The van der Waals surface area contributed by atoms with Crippen LogP contribution >= 0.6 is 23.2 Å². The van der Waals surface area contributed by atoms with Crippen molar-refractivity contribution in [2.75, 3.05) is 22.2 Å². The number of para-hydroxylation sites is 1. The van der Waals surface area contributed by atoms with E-state index in [0.29, 0.717) is 22.0 Å². The summed E-state index contributed by atoms with van der Waals surface area (Å²) in [5, 5.41) is 3.14. The molecule has 0 saturated carbocycles. The molecule has 0 fully saturated rings. The lowest BCUT2D eigenvalue weighted by Gasteiger charge is -2.18. The van der Waals surface area contributed by atoms with Crippen LogP contribution < -0.4 is 15.1 Å². The van der Waals surface area contributed by atoms with Crippen molar-refractivity contribution in [3.05, 3.63) is 100 Å². The molecular formula is C24H17Cl2N3O3. The molecule has 0 bridgehead atoms. The molecule has 1 N–H and O–H groups in total. The zero-order valence-corrected chi connectivity index (χ0v) is 18.4. The van der Waals surface area contributed by atoms with Crippen LogP contribution in [0.2, 0.25) is 5.02 Å². The van der Waals surface area contributed by atoms with Crippen LogP contribution in [0.25, 0.3) is 0 Å². The maximum Gasteiger partial charge on any atom is 0.283 e. The molecular weight excluding hydrogens is 449 g/mol. The van der Waals surface area contributed by atoms with Crippen molar-refractivity contribution in [3.63, 3.8) is 0 Å². The van der Waals surface area contributed by atoms with Crippen LogP contribution in [0.4, 0.5) is 17.1 Å². The predicted octanol–water partition coefficient (Wildman–Crippen LogP) is 5.05. The van der Waals surface area contributed by atoms with Gasteiger partial charge in [-0.05, 0) is 54.6 Å². The first-order valence-corrected chi connectivity index (χ1v) is 10.4. The summed E-state index contributed by atoms with van der Waals surface area (Å²) in [5.74, 6) is -1.46. The number of rotatable bonds is 5. The highest BCUT2D eigenvalue weighted by molar-refractivity contribution is 6.53. The predicted molar refractivity (Wildman–Crippen MR) is 126 cm³/mol. The number of nitrogens with zero attached hydrogens (tertiary/aromatic N) is 2. The number of halogens is 2. The molecule has 0 saturated heterocycles. The van der Waals surface area contributed by atoms with Crippen LogP contribution in [-0.4, -0.2) is 24.8 Å². The molecule has 8 heteroatoms. The van der Waals surface area contributed by atoms with Crippen molar-refractivity contribution in [2.24, 2.45) is 0 Å². The van der Waals surface area contributed by atoms with E-state index in [2.05, 4.69) is 5.32 Å². The molecule has 3 amide bonds. The molecule has 6 nitrogen and oxygen atoms in total. The molecule has 1 aliphatic heterocycles.